The van der Waals surface area contributed by atoms with E-state index in [-0.39, 0.29) is 11.6 Å². The number of anilines is 2. The summed E-state index contributed by atoms with van der Waals surface area (Å²) in [5.41, 5.74) is 6.17. The third-order valence-corrected chi connectivity index (χ3v) is 3.73. The fourth-order valence-electron chi connectivity index (χ4n) is 2.43. The lowest BCUT2D eigenvalue weighted by atomic mass is 10.2. The molecule has 6 heteroatoms. The van der Waals surface area contributed by atoms with E-state index in [1.807, 2.05) is 0 Å². The summed E-state index contributed by atoms with van der Waals surface area (Å²) in [6, 6.07) is 4.17. The highest BCUT2D eigenvalue weighted by molar-refractivity contribution is 5.91. The first kappa shape index (κ1) is 15.7. The molecule has 0 radical (unpaired) electrons. The fourth-order valence-corrected chi connectivity index (χ4v) is 2.43. The number of carbonyl (C=O) groups excluding carboxylic acids is 1. The quantitative estimate of drug-likeness (QED) is 0.824. The molecule has 5 nitrogen and oxygen atoms in total. The van der Waals surface area contributed by atoms with Gasteiger partial charge >= 0.3 is 0 Å². The number of nitrogens with zero attached hydrogens (tertiary/aromatic N) is 2. The second-order valence-corrected chi connectivity index (χ2v) is 5.54. The van der Waals surface area contributed by atoms with Gasteiger partial charge in [0.05, 0.1) is 5.69 Å². The smallest absolute Gasteiger partial charge is 0.225 e. The summed E-state index contributed by atoms with van der Waals surface area (Å²) in [6.07, 6.45) is 1.47. The first-order valence-electron chi connectivity index (χ1n) is 7.30. The number of halogens is 1. The summed E-state index contributed by atoms with van der Waals surface area (Å²) in [5, 5.41) is 2.58. The van der Waals surface area contributed by atoms with Crippen LogP contribution in [0.15, 0.2) is 18.2 Å². The van der Waals surface area contributed by atoms with Crippen LogP contribution < -0.4 is 11.1 Å². The molecule has 1 heterocycles. The normalized spacial score (nSPS) is 17.4. The number of rotatable bonds is 4. The molecule has 1 aromatic carbocycles. The van der Waals surface area contributed by atoms with Crippen LogP contribution in [0.4, 0.5) is 15.8 Å². The van der Waals surface area contributed by atoms with E-state index in [4.69, 9.17) is 5.73 Å². The Morgan fingerprint density at radius 3 is 2.95 bits per heavy atom. The Hall–Kier alpha value is -1.66. The van der Waals surface area contributed by atoms with Crippen LogP contribution in [0.2, 0.25) is 0 Å². The maximum atomic E-state index is 13.5. The van der Waals surface area contributed by atoms with E-state index >= 15 is 0 Å². The van der Waals surface area contributed by atoms with E-state index < -0.39 is 5.82 Å². The molecule has 0 aliphatic carbocycles. The number of carbonyl (C=O) groups is 1. The first-order chi connectivity index (χ1) is 10.0. The molecule has 0 atom stereocenters. The maximum Gasteiger partial charge on any atom is 0.225 e. The molecule has 0 bridgehead atoms. The van der Waals surface area contributed by atoms with Crippen molar-refractivity contribution in [3.05, 3.63) is 24.0 Å². The summed E-state index contributed by atoms with van der Waals surface area (Å²) in [7, 11) is 2.11. The van der Waals surface area contributed by atoms with Gasteiger partial charge in [-0.1, -0.05) is 0 Å². The van der Waals surface area contributed by atoms with Crippen molar-refractivity contribution >= 4 is 17.3 Å². The summed E-state index contributed by atoms with van der Waals surface area (Å²) in [6.45, 7) is 4.78. The molecule has 2 rings (SSSR count). The molecule has 1 aliphatic heterocycles. The number of hydrogen-bond acceptors (Lipinski definition) is 4. The van der Waals surface area contributed by atoms with Crippen molar-refractivity contribution in [2.75, 3.05) is 50.8 Å². The lowest BCUT2D eigenvalue weighted by Gasteiger charge is -2.19. The van der Waals surface area contributed by atoms with Gasteiger partial charge in [-0.2, -0.15) is 0 Å². The molecule has 0 saturated carbocycles. The van der Waals surface area contributed by atoms with Gasteiger partial charge in [0.25, 0.3) is 0 Å². The lowest BCUT2D eigenvalue weighted by Crippen LogP contribution is -2.31. The van der Waals surface area contributed by atoms with Crippen molar-refractivity contribution in [1.82, 2.24) is 9.80 Å². The van der Waals surface area contributed by atoms with E-state index in [1.165, 1.54) is 18.2 Å². The van der Waals surface area contributed by atoms with Crippen LogP contribution in [0, 0.1) is 5.82 Å². The summed E-state index contributed by atoms with van der Waals surface area (Å²) in [4.78, 5) is 16.5. The summed E-state index contributed by atoms with van der Waals surface area (Å²) < 4.78 is 13.5. The largest absolute Gasteiger partial charge is 0.399 e. The number of nitrogens with two attached hydrogens (primary N) is 1. The van der Waals surface area contributed by atoms with Gasteiger partial charge in [0.15, 0.2) is 0 Å². The predicted octanol–water partition coefficient (Wildman–Crippen LogP) is 1.37. The van der Waals surface area contributed by atoms with Gasteiger partial charge in [-0.05, 0) is 44.8 Å². The molecule has 1 saturated heterocycles. The van der Waals surface area contributed by atoms with Crippen LogP contribution in [0.3, 0.4) is 0 Å². The van der Waals surface area contributed by atoms with Crippen LogP contribution in [0.25, 0.3) is 0 Å². The predicted molar refractivity (Wildman–Crippen MR) is 82.6 cm³/mol. The maximum absolute atomic E-state index is 13.5. The van der Waals surface area contributed by atoms with Gasteiger partial charge < -0.3 is 20.9 Å². The molecular formula is C15H23FN4O. The molecule has 21 heavy (non-hydrogen) atoms. The summed E-state index contributed by atoms with van der Waals surface area (Å²) >= 11 is 0. The Labute approximate surface area is 124 Å². The van der Waals surface area contributed by atoms with E-state index in [1.54, 1.807) is 0 Å². The van der Waals surface area contributed by atoms with E-state index in [0.717, 1.165) is 32.6 Å². The molecule has 1 amide bonds. The van der Waals surface area contributed by atoms with Crippen molar-refractivity contribution in [1.29, 1.82) is 0 Å². The van der Waals surface area contributed by atoms with E-state index in [2.05, 4.69) is 22.2 Å². The van der Waals surface area contributed by atoms with Gasteiger partial charge in [-0.15, -0.1) is 0 Å². The number of benzene rings is 1. The average molecular weight is 294 g/mol. The molecule has 0 unspecified atom stereocenters. The first-order valence-corrected chi connectivity index (χ1v) is 7.30. The Morgan fingerprint density at radius 1 is 1.33 bits per heavy atom. The Bertz CT molecular complexity index is 495. The molecule has 1 aromatic rings. The zero-order valence-electron chi connectivity index (χ0n) is 12.4. The van der Waals surface area contributed by atoms with E-state index in [9.17, 15) is 9.18 Å². The van der Waals surface area contributed by atoms with E-state index in [0.29, 0.717) is 18.7 Å². The fraction of sp³-hybridized carbons (Fsp3) is 0.533. The van der Waals surface area contributed by atoms with Crippen LogP contribution in [-0.2, 0) is 4.79 Å². The average Bonchev–Trinajstić information content (AvgIpc) is 2.65. The minimum absolute atomic E-state index is 0.149. The van der Waals surface area contributed by atoms with Gasteiger partial charge in [0.2, 0.25) is 5.91 Å². The van der Waals surface area contributed by atoms with Crippen molar-refractivity contribution < 1.29 is 9.18 Å². The van der Waals surface area contributed by atoms with Crippen LogP contribution in [0.5, 0.6) is 0 Å². The van der Waals surface area contributed by atoms with Gasteiger partial charge in [-0.3, -0.25) is 4.79 Å². The molecule has 1 aliphatic rings. The number of hydrogen-bond donors (Lipinski definition) is 2. The lowest BCUT2D eigenvalue weighted by molar-refractivity contribution is -0.116. The van der Waals surface area contributed by atoms with Crippen molar-refractivity contribution in [3.63, 3.8) is 0 Å². The van der Waals surface area contributed by atoms with Gasteiger partial charge in [0, 0.05) is 31.7 Å². The third kappa shape index (κ3) is 4.99. The number of likely N-dealkylation sites (N-methyl/N-ethyl adjacent to an activating group) is 1. The highest BCUT2D eigenvalue weighted by Gasteiger charge is 2.14. The third-order valence-electron chi connectivity index (χ3n) is 3.73. The van der Waals surface area contributed by atoms with Crippen molar-refractivity contribution in [3.8, 4) is 0 Å². The molecule has 0 spiro atoms. The van der Waals surface area contributed by atoms with Crippen LogP contribution in [0.1, 0.15) is 12.8 Å². The zero-order chi connectivity index (χ0) is 15.2. The van der Waals surface area contributed by atoms with Crippen LogP contribution >= 0.6 is 0 Å². The molecule has 116 valence electrons. The van der Waals surface area contributed by atoms with Gasteiger partial charge in [0.1, 0.15) is 5.82 Å². The van der Waals surface area contributed by atoms with Crippen molar-refractivity contribution in [2.24, 2.45) is 0 Å². The zero-order valence-corrected chi connectivity index (χ0v) is 12.4. The number of nitrogens with one attached hydrogen (secondary N) is 1. The standard InChI is InChI=1S/C15H23FN4O/c1-19-6-2-7-20(10-9-19)8-5-15(21)18-14-11-12(17)3-4-13(14)16/h3-4,11H,2,5-10,17H2,1H3,(H,18,21). The molecule has 1 fully saturated rings. The topological polar surface area (TPSA) is 61.6 Å². The van der Waals surface area contributed by atoms with Gasteiger partial charge in [-0.25, -0.2) is 4.39 Å². The Balaban J connectivity index is 1.80. The Morgan fingerprint density at radius 2 is 2.14 bits per heavy atom. The minimum atomic E-state index is -0.464. The second-order valence-electron chi connectivity index (χ2n) is 5.54. The number of amides is 1. The molecule has 0 aromatic heterocycles. The number of nitrogen functional groups attached to an aromatic ring is 1. The highest BCUT2D eigenvalue weighted by Crippen LogP contribution is 2.17. The minimum Gasteiger partial charge on any atom is -0.399 e. The molecule has 3 N–H and O–H groups in total. The Kier molecular flexibility index (Phi) is 5.52. The SMILES string of the molecule is CN1CCCN(CCC(=O)Nc2cc(N)ccc2F)CC1. The second kappa shape index (κ2) is 7.38. The van der Waals surface area contributed by atoms with Crippen molar-refractivity contribution in [2.45, 2.75) is 12.8 Å². The molecular weight excluding hydrogens is 271 g/mol. The summed E-state index contributed by atoms with van der Waals surface area (Å²) in [5.74, 6) is -0.647. The monoisotopic (exact) mass is 294 g/mol. The highest BCUT2D eigenvalue weighted by atomic mass is 19.1. The van der Waals surface area contributed by atoms with Crippen LogP contribution in [-0.4, -0.2) is 55.5 Å².